The molecule has 2 nitrogen and oxygen atoms in total. The van der Waals surface area contributed by atoms with Gasteiger partial charge in [0.1, 0.15) is 0 Å². The molecule has 2 heteroatoms. The third-order valence-electron chi connectivity index (χ3n) is 4.44. The summed E-state index contributed by atoms with van der Waals surface area (Å²) in [5, 5.41) is 6.91. The van der Waals surface area contributed by atoms with E-state index in [4.69, 9.17) is 0 Å². The molecule has 0 aliphatic heterocycles. The molecule has 0 radical (unpaired) electrons. The summed E-state index contributed by atoms with van der Waals surface area (Å²) in [6.45, 7) is 5.65. The van der Waals surface area contributed by atoms with Gasteiger partial charge in [0.15, 0.2) is 0 Å². The van der Waals surface area contributed by atoms with Crippen LogP contribution >= 0.6 is 0 Å². The fourth-order valence-electron chi connectivity index (χ4n) is 3.14. The van der Waals surface area contributed by atoms with Crippen LogP contribution in [0.3, 0.4) is 0 Å². The van der Waals surface area contributed by atoms with Crippen molar-refractivity contribution in [2.24, 2.45) is 5.41 Å². The number of hydrogen-bond donors (Lipinski definition) is 2. The first kappa shape index (κ1) is 14.5. The van der Waals surface area contributed by atoms with Crippen LogP contribution in [0.25, 0.3) is 0 Å². The van der Waals surface area contributed by atoms with Gasteiger partial charge in [-0.05, 0) is 49.4 Å². The first-order valence-corrected chi connectivity index (χ1v) is 7.66. The lowest BCUT2D eigenvalue weighted by Crippen LogP contribution is -2.29. The SMILES string of the molecule is CNCCc1ccccc1CNCC1(C)CCCC1. The summed E-state index contributed by atoms with van der Waals surface area (Å²) >= 11 is 0. The minimum absolute atomic E-state index is 0.542. The number of likely N-dealkylation sites (N-methyl/N-ethyl adjacent to an activating group) is 1. The van der Waals surface area contributed by atoms with Crippen LogP contribution in [0.4, 0.5) is 0 Å². The van der Waals surface area contributed by atoms with Crippen molar-refractivity contribution in [1.29, 1.82) is 0 Å². The first-order chi connectivity index (χ1) is 9.23. The van der Waals surface area contributed by atoms with Crippen LogP contribution in [0.15, 0.2) is 24.3 Å². The Labute approximate surface area is 118 Å². The van der Waals surface area contributed by atoms with Gasteiger partial charge in [0.05, 0.1) is 0 Å². The van der Waals surface area contributed by atoms with Gasteiger partial charge in [-0.15, -0.1) is 0 Å². The Morgan fingerprint density at radius 2 is 1.79 bits per heavy atom. The monoisotopic (exact) mass is 260 g/mol. The van der Waals surface area contributed by atoms with E-state index in [0.29, 0.717) is 5.41 Å². The van der Waals surface area contributed by atoms with Crippen LogP contribution in [0.5, 0.6) is 0 Å². The largest absolute Gasteiger partial charge is 0.319 e. The van der Waals surface area contributed by atoms with Crippen molar-refractivity contribution in [1.82, 2.24) is 10.6 Å². The highest BCUT2D eigenvalue weighted by atomic mass is 14.9. The Morgan fingerprint density at radius 1 is 1.11 bits per heavy atom. The molecule has 0 atom stereocenters. The highest BCUT2D eigenvalue weighted by Gasteiger charge is 2.27. The Kier molecular flexibility index (Phi) is 5.41. The molecule has 1 aliphatic rings. The van der Waals surface area contributed by atoms with Crippen LogP contribution in [0.1, 0.15) is 43.7 Å². The van der Waals surface area contributed by atoms with Crippen LogP contribution in [-0.2, 0) is 13.0 Å². The van der Waals surface area contributed by atoms with E-state index >= 15 is 0 Å². The Morgan fingerprint density at radius 3 is 2.47 bits per heavy atom. The maximum Gasteiger partial charge on any atom is 0.0208 e. The standard InChI is InChI=1S/C17H28N2/c1-17(10-5-6-11-17)14-19-13-16-8-4-3-7-15(16)9-12-18-2/h3-4,7-8,18-19H,5-6,9-14H2,1-2H3. The zero-order valence-corrected chi connectivity index (χ0v) is 12.5. The van der Waals surface area contributed by atoms with Gasteiger partial charge < -0.3 is 10.6 Å². The summed E-state index contributed by atoms with van der Waals surface area (Å²) in [7, 11) is 2.02. The van der Waals surface area contributed by atoms with Crippen molar-refractivity contribution in [3.8, 4) is 0 Å². The smallest absolute Gasteiger partial charge is 0.0208 e. The second-order valence-corrected chi connectivity index (χ2v) is 6.24. The summed E-state index contributed by atoms with van der Waals surface area (Å²) in [6.07, 6.45) is 6.72. The molecular weight excluding hydrogens is 232 g/mol. The average molecular weight is 260 g/mol. The lowest BCUT2D eigenvalue weighted by molar-refractivity contribution is 0.314. The second kappa shape index (κ2) is 7.06. The molecule has 106 valence electrons. The zero-order chi connectivity index (χ0) is 13.6. The molecule has 19 heavy (non-hydrogen) atoms. The fraction of sp³-hybridized carbons (Fsp3) is 0.647. The van der Waals surface area contributed by atoms with E-state index in [1.165, 1.54) is 36.8 Å². The van der Waals surface area contributed by atoms with E-state index in [0.717, 1.165) is 26.1 Å². The third-order valence-corrected chi connectivity index (χ3v) is 4.44. The van der Waals surface area contributed by atoms with Gasteiger partial charge in [-0.2, -0.15) is 0 Å². The molecule has 1 fully saturated rings. The van der Waals surface area contributed by atoms with Crippen LogP contribution in [0, 0.1) is 5.41 Å². The Balaban J connectivity index is 1.84. The molecular formula is C17H28N2. The molecule has 0 saturated heterocycles. The molecule has 1 aromatic rings. The Bertz CT molecular complexity index is 381. The predicted molar refractivity (Wildman–Crippen MR) is 82.4 cm³/mol. The van der Waals surface area contributed by atoms with Crippen molar-refractivity contribution in [3.05, 3.63) is 35.4 Å². The molecule has 0 amide bonds. The van der Waals surface area contributed by atoms with Crippen molar-refractivity contribution in [2.75, 3.05) is 20.1 Å². The van der Waals surface area contributed by atoms with E-state index < -0.39 is 0 Å². The third kappa shape index (κ3) is 4.32. The normalized spacial score (nSPS) is 17.8. The van der Waals surface area contributed by atoms with Gasteiger partial charge in [0.2, 0.25) is 0 Å². The van der Waals surface area contributed by atoms with Crippen molar-refractivity contribution < 1.29 is 0 Å². The van der Waals surface area contributed by atoms with Gasteiger partial charge in [0.25, 0.3) is 0 Å². The van der Waals surface area contributed by atoms with E-state index in [-0.39, 0.29) is 0 Å². The predicted octanol–water partition coefficient (Wildman–Crippen LogP) is 3.12. The van der Waals surface area contributed by atoms with E-state index in [1.54, 1.807) is 0 Å². The first-order valence-electron chi connectivity index (χ1n) is 7.66. The molecule has 0 unspecified atom stereocenters. The number of nitrogens with one attached hydrogen (secondary N) is 2. The summed E-state index contributed by atoms with van der Waals surface area (Å²) < 4.78 is 0. The molecule has 1 aromatic carbocycles. The highest BCUT2D eigenvalue weighted by molar-refractivity contribution is 5.27. The minimum atomic E-state index is 0.542. The van der Waals surface area contributed by atoms with E-state index in [2.05, 4.69) is 41.8 Å². The summed E-state index contributed by atoms with van der Waals surface area (Å²) in [4.78, 5) is 0. The summed E-state index contributed by atoms with van der Waals surface area (Å²) in [6, 6.07) is 8.81. The minimum Gasteiger partial charge on any atom is -0.319 e. The fourth-order valence-corrected chi connectivity index (χ4v) is 3.14. The summed E-state index contributed by atoms with van der Waals surface area (Å²) in [5.41, 5.74) is 3.47. The number of hydrogen-bond acceptors (Lipinski definition) is 2. The molecule has 2 N–H and O–H groups in total. The van der Waals surface area contributed by atoms with Crippen molar-refractivity contribution in [3.63, 3.8) is 0 Å². The molecule has 0 heterocycles. The highest BCUT2D eigenvalue weighted by Crippen LogP contribution is 2.36. The van der Waals surface area contributed by atoms with Crippen LogP contribution < -0.4 is 10.6 Å². The summed E-state index contributed by atoms with van der Waals surface area (Å²) in [5.74, 6) is 0. The maximum absolute atomic E-state index is 3.68. The van der Waals surface area contributed by atoms with Crippen LogP contribution in [-0.4, -0.2) is 20.1 Å². The lowest BCUT2D eigenvalue weighted by atomic mass is 9.89. The second-order valence-electron chi connectivity index (χ2n) is 6.24. The molecule has 1 saturated carbocycles. The molecule has 0 spiro atoms. The van der Waals surface area contributed by atoms with Gasteiger partial charge in [-0.25, -0.2) is 0 Å². The van der Waals surface area contributed by atoms with E-state index in [1.807, 2.05) is 7.05 Å². The Hall–Kier alpha value is -0.860. The molecule has 1 aliphatic carbocycles. The van der Waals surface area contributed by atoms with Crippen LogP contribution in [0.2, 0.25) is 0 Å². The van der Waals surface area contributed by atoms with Gasteiger partial charge in [-0.3, -0.25) is 0 Å². The van der Waals surface area contributed by atoms with E-state index in [9.17, 15) is 0 Å². The molecule has 0 aromatic heterocycles. The lowest BCUT2D eigenvalue weighted by Gasteiger charge is -2.24. The quantitative estimate of drug-likeness (QED) is 0.787. The van der Waals surface area contributed by atoms with Crippen molar-refractivity contribution in [2.45, 2.75) is 45.6 Å². The van der Waals surface area contributed by atoms with Gasteiger partial charge in [-0.1, -0.05) is 44.0 Å². The molecule has 2 rings (SSSR count). The average Bonchev–Trinajstić information content (AvgIpc) is 2.85. The zero-order valence-electron chi connectivity index (χ0n) is 12.5. The van der Waals surface area contributed by atoms with Gasteiger partial charge in [0, 0.05) is 13.1 Å². The number of rotatable bonds is 7. The maximum atomic E-state index is 3.68. The topological polar surface area (TPSA) is 24.1 Å². The molecule has 0 bridgehead atoms. The number of benzene rings is 1. The van der Waals surface area contributed by atoms with Gasteiger partial charge >= 0.3 is 0 Å². The van der Waals surface area contributed by atoms with Crippen molar-refractivity contribution >= 4 is 0 Å².